The minimum Gasteiger partial charge on any atom is -0.465 e. The van der Waals surface area contributed by atoms with Gasteiger partial charge in [-0.05, 0) is 25.7 Å². The van der Waals surface area contributed by atoms with E-state index in [1.807, 2.05) is 13.8 Å². The second-order valence-corrected chi connectivity index (χ2v) is 12.6. The van der Waals surface area contributed by atoms with Crippen molar-refractivity contribution < 1.29 is 109 Å². The number of hydrogen-bond acceptors (Lipinski definition) is 11. The summed E-state index contributed by atoms with van der Waals surface area (Å²) in [4.78, 5) is 22.7. The molecule has 0 aromatic heterocycles. The number of hydrogen-bond donors (Lipinski definition) is 0. The molecular weight excluding hydrogens is 843 g/mol. The van der Waals surface area contributed by atoms with Crippen LogP contribution in [0.25, 0.3) is 0 Å². The van der Waals surface area contributed by atoms with Crippen molar-refractivity contribution in [2.75, 3.05) is 106 Å². The average Bonchev–Trinajstić information content (AvgIpc) is 3.16. The maximum Gasteiger partial charge on any atom is 0.460 e. The Bertz CT molecular complexity index is 1100. The Kier molecular flexibility index (Phi) is 29.8. The molecule has 0 aliphatic heterocycles. The third-order valence-electron chi connectivity index (χ3n) is 7.92. The molecule has 0 N–H and O–H groups in total. The van der Waals surface area contributed by atoms with Crippen molar-refractivity contribution >= 4 is 11.9 Å². The monoisotopic (exact) mass is 900 g/mol. The molecule has 59 heavy (non-hydrogen) atoms. The van der Waals surface area contributed by atoms with Gasteiger partial charge in [-0.15, -0.1) is 0 Å². The van der Waals surface area contributed by atoms with Crippen LogP contribution in [-0.4, -0.2) is 154 Å². The first-order chi connectivity index (χ1) is 27.3. The predicted octanol–water partition coefficient (Wildman–Crippen LogP) is 7.81. The van der Waals surface area contributed by atoms with Gasteiger partial charge in [0.1, 0.15) is 6.61 Å². The third-order valence-corrected chi connectivity index (χ3v) is 7.92. The Morgan fingerprint density at radius 2 is 0.729 bits per heavy atom. The Morgan fingerprint density at radius 1 is 0.424 bits per heavy atom. The van der Waals surface area contributed by atoms with Gasteiger partial charge in [-0.2, -0.15) is 57.1 Å². The Hall–Kier alpha value is -2.25. The lowest BCUT2D eigenvalue weighted by atomic mass is 9.92. The molecule has 24 heteroatoms. The van der Waals surface area contributed by atoms with Gasteiger partial charge in [-0.1, -0.05) is 27.7 Å². The number of methoxy groups -OCH3 is 1. The van der Waals surface area contributed by atoms with Crippen molar-refractivity contribution in [2.45, 2.75) is 95.6 Å². The Morgan fingerprint density at radius 3 is 1.05 bits per heavy atom. The number of carbonyl (C=O) groups is 2. The molecule has 354 valence electrons. The van der Waals surface area contributed by atoms with E-state index in [9.17, 15) is 66.7 Å². The van der Waals surface area contributed by atoms with E-state index in [0.717, 1.165) is 6.42 Å². The number of alkyl halides is 13. The second-order valence-electron chi connectivity index (χ2n) is 12.6. The maximum atomic E-state index is 13.5. The fourth-order valence-corrected chi connectivity index (χ4v) is 3.74. The first-order valence-corrected chi connectivity index (χ1v) is 18.6. The molecule has 2 unspecified atom stereocenters. The van der Waals surface area contributed by atoms with Crippen LogP contribution in [0.4, 0.5) is 57.1 Å². The fourth-order valence-electron chi connectivity index (χ4n) is 3.74. The molecule has 11 nitrogen and oxygen atoms in total. The summed E-state index contributed by atoms with van der Waals surface area (Å²) in [5.41, 5.74) is 0. The molecule has 0 aliphatic rings. The number of halogens is 13. The first kappa shape index (κ1) is 58.8. The van der Waals surface area contributed by atoms with Crippen molar-refractivity contribution in [3.05, 3.63) is 0 Å². The van der Waals surface area contributed by atoms with Crippen LogP contribution in [0.3, 0.4) is 0 Å². The quantitative estimate of drug-likeness (QED) is 0.0358. The summed E-state index contributed by atoms with van der Waals surface area (Å²) in [5.74, 6) is -38.4. The summed E-state index contributed by atoms with van der Waals surface area (Å²) < 4.78 is 214. The van der Waals surface area contributed by atoms with Gasteiger partial charge in [0.15, 0.2) is 0 Å². The summed E-state index contributed by atoms with van der Waals surface area (Å²) in [6.07, 6.45) is -10.4. The van der Waals surface area contributed by atoms with E-state index in [-0.39, 0.29) is 18.5 Å². The van der Waals surface area contributed by atoms with E-state index in [4.69, 9.17) is 37.9 Å². The van der Waals surface area contributed by atoms with Gasteiger partial charge in [-0.25, -0.2) is 0 Å². The molecule has 0 bridgehead atoms. The molecule has 0 rings (SSSR count). The molecule has 0 aromatic rings. The number of ether oxygens (including phenoxy) is 9. The molecule has 2 atom stereocenters. The van der Waals surface area contributed by atoms with Crippen molar-refractivity contribution in [3.8, 4) is 0 Å². The van der Waals surface area contributed by atoms with Gasteiger partial charge in [-0.3, -0.25) is 9.59 Å². The van der Waals surface area contributed by atoms with Crippen molar-refractivity contribution in [1.29, 1.82) is 0 Å². The number of esters is 2. The Balaban J connectivity index is 0. The number of rotatable bonds is 34. The van der Waals surface area contributed by atoms with Crippen molar-refractivity contribution in [1.82, 2.24) is 0 Å². The zero-order valence-corrected chi connectivity index (χ0v) is 33.7. The molecule has 0 aliphatic carbocycles. The topological polar surface area (TPSA) is 117 Å². The summed E-state index contributed by atoms with van der Waals surface area (Å²) in [6, 6.07) is 0. The van der Waals surface area contributed by atoms with E-state index >= 15 is 0 Å². The number of unbranched alkanes of at least 4 members (excludes halogenated alkanes) is 1. The molecule has 0 heterocycles. The minimum atomic E-state index is -7.89. The van der Waals surface area contributed by atoms with Crippen LogP contribution in [0.5, 0.6) is 0 Å². The van der Waals surface area contributed by atoms with Gasteiger partial charge < -0.3 is 42.6 Å². The standard InChI is InChI=1S/C20H40O9.C15H17F13O2/c1-4-19(2)20(21)29-18-17-28-16-15-27-14-13-26-12-11-25-10-9-24-8-7-23-6-5-22-3;1-3-8(2)9(29)30-7-5-4-6-10(16,17)11(18,19)12(20,21)13(22,23)14(24,25)15(26,27)28/h19H,4-18H2,1-3H3;8H,3-7H2,1-2H3. The largest absolute Gasteiger partial charge is 0.465 e. The van der Waals surface area contributed by atoms with E-state index in [2.05, 4.69) is 4.74 Å². The van der Waals surface area contributed by atoms with Crippen LogP contribution in [-0.2, 0) is 52.2 Å². The van der Waals surface area contributed by atoms with Crippen LogP contribution < -0.4 is 0 Å². The van der Waals surface area contributed by atoms with Crippen LogP contribution >= 0.6 is 0 Å². The average molecular weight is 901 g/mol. The zero-order valence-electron chi connectivity index (χ0n) is 33.7. The van der Waals surface area contributed by atoms with Crippen LogP contribution in [0.15, 0.2) is 0 Å². The molecule has 0 saturated carbocycles. The molecule has 0 fully saturated rings. The normalized spacial score (nSPS) is 14.1. The highest BCUT2D eigenvalue weighted by molar-refractivity contribution is 5.72. The minimum absolute atomic E-state index is 0.0616. The Labute approximate surface area is 335 Å². The lowest BCUT2D eigenvalue weighted by molar-refractivity contribution is -0.440. The van der Waals surface area contributed by atoms with Crippen LogP contribution in [0.2, 0.25) is 0 Å². The van der Waals surface area contributed by atoms with Gasteiger partial charge >= 0.3 is 47.7 Å². The highest BCUT2D eigenvalue weighted by Crippen LogP contribution is 2.60. The maximum absolute atomic E-state index is 13.5. The highest BCUT2D eigenvalue weighted by Gasteiger charge is 2.90. The van der Waals surface area contributed by atoms with Gasteiger partial charge in [0.2, 0.25) is 0 Å². The summed E-state index contributed by atoms with van der Waals surface area (Å²) in [6.45, 7) is 13.2. The van der Waals surface area contributed by atoms with Crippen LogP contribution in [0.1, 0.15) is 59.8 Å². The lowest BCUT2D eigenvalue weighted by Gasteiger charge is -2.39. The summed E-state index contributed by atoms with van der Waals surface area (Å²) >= 11 is 0. The van der Waals surface area contributed by atoms with Gasteiger partial charge in [0.25, 0.3) is 0 Å². The smallest absolute Gasteiger partial charge is 0.460 e. The SMILES string of the molecule is CCC(C)C(=O)OCCCCC(F)(F)C(F)(F)C(F)(F)C(F)(F)C(F)(F)C(F)(F)F.CCC(C)C(=O)OCCOCCOCCOCCOCCOCCOCCOC. The first-order valence-electron chi connectivity index (χ1n) is 18.6. The lowest BCUT2D eigenvalue weighted by Crippen LogP contribution is -2.70. The van der Waals surface area contributed by atoms with Crippen LogP contribution in [0, 0.1) is 11.8 Å². The van der Waals surface area contributed by atoms with E-state index in [0.29, 0.717) is 92.3 Å². The second kappa shape index (κ2) is 29.9. The molecule has 0 amide bonds. The summed E-state index contributed by atoms with van der Waals surface area (Å²) in [5, 5.41) is 0. The molecular formula is C35H57F13O11. The zero-order chi connectivity index (χ0) is 45.8. The van der Waals surface area contributed by atoms with E-state index in [1.165, 1.54) is 6.92 Å². The highest BCUT2D eigenvalue weighted by atomic mass is 19.4. The van der Waals surface area contributed by atoms with Crippen molar-refractivity contribution in [2.24, 2.45) is 11.8 Å². The number of carbonyl (C=O) groups excluding carboxylic acids is 2. The van der Waals surface area contributed by atoms with E-state index < -0.39 is 73.5 Å². The van der Waals surface area contributed by atoms with Gasteiger partial charge in [0, 0.05) is 13.5 Å². The fraction of sp³-hybridized carbons (Fsp3) is 0.943. The molecule has 0 aromatic carbocycles. The van der Waals surface area contributed by atoms with Gasteiger partial charge in [0.05, 0.1) is 104 Å². The van der Waals surface area contributed by atoms with E-state index in [1.54, 1.807) is 14.0 Å². The molecule has 0 spiro atoms. The van der Waals surface area contributed by atoms with Crippen molar-refractivity contribution in [3.63, 3.8) is 0 Å². The predicted molar refractivity (Wildman–Crippen MR) is 182 cm³/mol. The molecule has 0 saturated heterocycles. The summed E-state index contributed by atoms with van der Waals surface area (Å²) in [7, 11) is 1.64. The third kappa shape index (κ3) is 21.4. The molecule has 0 radical (unpaired) electrons.